The van der Waals surface area contributed by atoms with Gasteiger partial charge in [-0.25, -0.2) is 0 Å². The molecule has 112 valence electrons. The van der Waals surface area contributed by atoms with Crippen LogP contribution in [0.5, 0.6) is 0 Å². The summed E-state index contributed by atoms with van der Waals surface area (Å²) < 4.78 is 5.59. The highest BCUT2D eigenvalue weighted by atomic mass is 35.5. The molecule has 2 N–H and O–H groups in total. The number of anilines is 2. The highest BCUT2D eigenvalue weighted by Crippen LogP contribution is 2.26. The number of carboxylic acid groups (broad SMARTS) is 1. The summed E-state index contributed by atoms with van der Waals surface area (Å²) in [7, 11) is 0. The number of hydrogen-bond acceptors (Lipinski definition) is 4. The van der Waals surface area contributed by atoms with Gasteiger partial charge >= 0.3 is 5.97 Å². The second-order valence-electron chi connectivity index (χ2n) is 4.94. The van der Waals surface area contributed by atoms with E-state index in [9.17, 15) is 4.79 Å². The topological polar surface area (TPSA) is 75.4 Å². The smallest absolute Gasteiger partial charge is 0.310 e. The number of carboxylic acids is 1. The summed E-state index contributed by atoms with van der Waals surface area (Å²) in [5, 5.41) is 12.8. The molecule has 1 aromatic heterocycles. The van der Waals surface area contributed by atoms with Crippen molar-refractivity contribution in [3.63, 3.8) is 0 Å². The number of rotatable bonds is 4. The normalized spacial score (nSPS) is 12.3. The fourth-order valence-electron chi connectivity index (χ4n) is 2.07. The summed E-state index contributed by atoms with van der Waals surface area (Å²) in [5.74, 6) is -1.46. The molecule has 2 aromatic carbocycles. The van der Waals surface area contributed by atoms with Crippen LogP contribution in [0.1, 0.15) is 18.4 Å². The van der Waals surface area contributed by atoms with E-state index >= 15 is 0 Å². The molecule has 0 saturated heterocycles. The molecule has 1 heterocycles. The van der Waals surface area contributed by atoms with E-state index in [1.165, 1.54) is 0 Å². The van der Waals surface area contributed by atoms with E-state index in [-0.39, 0.29) is 0 Å². The lowest BCUT2D eigenvalue weighted by molar-refractivity contribution is -0.138. The molecule has 0 saturated carbocycles. The Kier molecular flexibility index (Phi) is 3.73. The van der Waals surface area contributed by atoms with Gasteiger partial charge in [-0.05, 0) is 48.9 Å². The van der Waals surface area contributed by atoms with Crippen LogP contribution in [0.2, 0.25) is 5.02 Å². The van der Waals surface area contributed by atoms with Crippen molar-refractivity contribution in [2.24, 2.45) is 0 Å². The van der Waals surface area contributed by atoms with E-state index < -0.39 is 11.9 Å². The van der Waals surface area contributed by atoms with E-state index in [4.69, 9.17) is 21.1 Å². The maximum absolute atomic E-state index is 11.0. The molecule has 0 bridgehead atoms. The fourth-order valence-corrected chi connectivity index (χ4v) is 2.19. The SMILES string of the molecule is CC(C(=O)O)c1ccc2oc(Nc3ccc(Cl)cc3)nc2c1. The Morgan fingerprint density at radius 2 is 2.00 bits per heavy atom. The summed E-state index contributed by atoms with van der Waals surface area (Å²) >= 11 is 5.84. The average molecular weight is 317 g/mol. The Morgan fingerprint density at radius 3 is 2.68 bits per heavy atom. The first-order valence-corrected chi connectivity index (χ1v) is 7.06. The van der Waals surface area contributed by atoms with Crippen LogP contribution in [0.15, 0.2) is 46.9 Å². The first kappa shape index (κ1) is 14.4. The molecule has 6 heteroatoms. The van der Waals surface area contributed by atoms with Crippen molar-refractivity contribution < 1.29 is 14.3 Å². The Morgan fingerprint density at radius 1 is 1.27 bits per heavy atom. The standard InChI is InChI=1S/C16H13ClN2O3/c1-9(15(20)21)10-2-7-14-13(8-10)19-16(22-14)18-12-5-3-11(17)4-6-12/h2-9H,1H3,(H,18,19)(H,20,21). The molecule has 1 unspecified atom stereocenters. The quantitative estimate of drug-likeness (QED) is 0.745. The highest BCUT2D eigenvalue weighted by molar-refractivity contribution is 6.30. The molecule has 0 amide bonds. The molecule has 0 fully saturated rings. The maximum atomic E-state index is 11.0. The first-order valence-electron chi connectivity index (χ1n) is 6.69. The van der Waals surface area contributed by atoms with Crippen LogP contribution in [0, 0.1) is 0 Å². The van der Waals surface area contributed by atoms with Gasteiger partial charge in [0.05, 0.1) is 5.92 Å². The Bertz CT molecular complexity index is 827. The van der Waals surface area contributed by atoms with Gasteiger partial charge in [-0.15, -0.1) is 0 Å². The lowest BCUT2D eigenvalue weighted by atomic mass is 10.0. The Balaban J connectivity index is 1.89. The summed E-state index contributed by atoms with van der Waals surface area (Å²) in [6, 6.07) is 12.7. The number of aliphatic carboxylic acids is 1. The van der Waals surface area contributed by atoms with Gasteiger partial charge in [-0.1, -0.05) is 17.7 Å². The lowest BCUT2D eigenvalue weighted by Crippen LogP contribution is -2.06. The minimum absolute atomic E-state index is 0.345. The van der Waals surface area contributed by atoms with Gasteiger partial charge in [-0.2, -0.15) is 4.98 Å². The van der Waals surface area contributed by atoms with E-state index in [0.717, 1.165) is 5.69 Å². The largest absolute Gasteiger partial charge is 0.481 e. The molecule has 3 aromatic rings. The number of aromatic nitrogens is 1. The third kappa shape index (κ3) is 2.89. The summed E-state index contributed by atoms with van der Waals surface area (Å²) in [6.45, 7) is 1.64. The molecule has 0 aliphatic heterocycles. The van der Waals surface area contributed by atoms with Crippen LogP contribution in [0.3, 0.4) is 0 Å². The number of carbonyl (C=O) groups is 1. The molecule has 1 atom stereocenters. The first-order chi connectivity index (χ1) is 10.5. The van der Waals surface area contributed by atoms with Gasteiger partial charge in [0.1, 0.15) is 5.52 Å². The predicted molar refractivity (Wildman–Crippen MR) is 84.8 cm³/mol. The summed E-state index contributed by atoms with van der Waals surface area (Å²) in [4.78, 5) is 15.4. The maximum Gasteiger partial charge on any atom is 0.310 e. The zero-order chi connectivity index (χ0) is 15.7. The number of nitrogens with one attached hydrogen (secondary N) is 1. The van der Waals surface area contributed by atoms with Gasteiger partial charge in [-0.3, -0.25) is 4.79 Å². The van der Waals surface area contributed by atoms with Crippen molar-refractivity contribution in [2.45, 2.75) is 12.8 Å². The van der Waals surface area contributed by atoms with Gasteiger partial charge in [0, 0.05) is 10.7 Å². The number of fused-ring (bicyclic) bond motifs is 1. The zero-order valence-corrected chi connectivity index (χ0v) is 12.5. The van der Waals surface area contributed by atoms with Crippen LogP contribution >= 0.6 is 11.6 Å². The minimum Gasteiger partial charge on any atom is -0.481 e. The van der Waals surface area contributed by atoms with Gasteiger partial charge in [0.15, 0.2) is 5.58 Å². The van der Waals surface area contributed by atoms with E-state index in [2.05, 4.69) is 10.3 Å². The monoisotopic (exact) mass is 316 g/mol. The molecule has 22 heavy (non-hydrogen) atoms. The zero-order valence-electron chi connectivity index (χ0n) is 11.7. The number of benzene rings is 2. The molecule has 0 radical (unpaired) electrons. The third-order valence-electron chi connectivity index (χ3n) is 3.38. The molecule has 0 aliphatic carbocycles. The second-order valence-corrected chi connectivity index (χ2v) is 5.37. The molecular formula is C16H13ClN2O3. The van der Waals surface area contributed by atoms with E-state index in [1.807, 2.05) is 12.1 Å². The highest BCUT2D eigenvalue weighted by Gasteiger charge is 2.15. The van der Waals surface area contributed by atoms with Crippen LogP contribution in [0.25, 0.3) is 11.1 Å². The molecule has 0 aliphatic rings. The Labute approximate surface area is 131 Å². The second kappa shape index (κ2) is 5.69. The van der Waals surface area contributed by atoms with E-state index in [0.29, 0.717) is 27.7 Å². The summed E-state index contributed by atoms with van der Waals surface area (Å²) in [6.07, 6.45) is 0. The van der Waals surface area contributed by atoms with Crippen LogP contribution in [0.4, 0.5) is 11.7 Å². The number of halogens is 1. The van der Waals surface area contributed by atoms with E-state index in [1.54, 1.807) is 37.3 Å². The number of nitrogens with zero attached hydrogens (tertiary/aromatic N) is 1. The van der Waals surface area contributed by atoms with Gasteiger partial charge in [0.2, 0.25) is 0 Å². The third-order valence-corrected chi connectivity index (χ3v) is 3.63. The number of oxazole rings is 1. The molecule has 5 nitrogen and oxygen atoms in total. The van der Waals surface area contributed by atoms with Crippen molar-refractivity contribution in [3.8, 4) is 0 Å². The fraction of sp³-hybridized carbons (Fsp3) is 0.125. The van der Waals surface area contributed by atoms with Crippen LogP contribution in [-0.4, -0.2) is 16.1 Å². The summed E-state index contributed by atoms with van der Waals surface area (Å²) in [5.41, 5.74) is 2.70. The van der Waals surface area contributed by atoms with Crippen molar-refractivity contribution in [1.29, 1.82) is 0 Å². The molecule has 0 spiro atoms. The molecular weight excluding hydrogens is 304 g/mol. The van der Waals surface area contributed by atoms with Crippen molar-refractivity contribution >= 4 is 40.4 Å². The lowest BCUT2D eigenvalue weighted by Gasteiger charge is -2.04. The average Bonchev–Trinajstić information content (AvgIpc) is 2.90. The Hall–Kier alpha value is -2.53. The van der Waals surface area contributed by atoms with Crippen LogP contribution in [-0.2, 0) is 4.79 Å². The van der Waals surface area contributed by atoms with Crippen LogP contribution < -0.4 is 5.32 Å². The predicted octanol–water partition coefficient (Wildman–Crippen LogP) is 4.41. The van der Waals surface area contributed by atoms with Crippen molar-refractivity contribution in [2.75, 3.05) is 5.32 Å². The van der Waals surface area contributed by atoms with Crippen molar-refractivity contribution in [3.05, 3.63) is 53.1 Å². The number of hydrogen-bond donors (Lipinski definition) is 2. The van der Waals surface area contributed by atoms with Gasteiger partial charge < -0.3 is 14.8 Å². The molecule has 3 rings (SSSR count). The van der Waals surface area contributed by atoms with Crippen molar-refractivity contribution in [1.82, 2.24) is 4.98 Å². The van der Waals surface area contributed by atoms with Gasteiger partial charge in [0.25, 0.3) is 6.01 Å². The minimum atomic E-state index is -0.873.